The molecule has 1 aliphatic carbocycles. The first-order chi connectivity index (χ1) is 6.99. The molecule has 1 aliphatic rings. The molecule has 15 heavy (non-hydrogen) atoms. The predicted molar refractivity (Wildman–Crippen MR) is 66.8 cm³/mol. The van der Waals surface area contributed by atoms with Gasteiger partial charge < -0.3 is 11.1 Å². The summed E-state index contributed by atoms with van der Waals surface area (Å²) in [5.74, 6) is 2.38. The van der Waals surface area contributed by atoms with Gasteiger partial charge in [-0.3, -0.25) is 0 Å². The minimum Gasteiger partial charge on any atom is -0.329 e. The SMILES string of the molecule is CC(C)CNC1(CN)CCC(C)C(C)C1. The summed E-state index contributed by atoms with van der Waals surface area (Å²) in [6, 6.07) is 0. The van der Waals surface area contributed by atoms with Crippen LogP contribution in [0.2, 0.25) is 0 Å². The van der Waals surface area contributed by atoms with Crippen molar-refractivity contribution in [1.29, 1.82) is 0 Å². The molecule has 3 unspecified atom stereocenters. The molecule has 90 valence electrons. The summed E-state index contributed by atoms with van der Waals surface area (Å²) >= 11 is 0. The standard InChI is InChI=1S/C13H28N2/c1-10(2)8-15-13(9-14)6-5-11(3)12(4)7-13/h10-12,15H,5-9,14H2,1-4H3. The highest BCUT2D eigenvalue weighted by molar-refractivity contribution is 4.95. The van der Waals surface area contributed by atoms with Crippen molar-refractivity contribution in [1.82, 2.24) is 5.32 Å². The predicted octanol–water partition coefficient (Wildman–Crippen LogP) is 2.39. The number of nitrogens with one attached hydrogen (secondary N) is 1. The summed E-state index contributed by atoms with van der Waals surface area (Å²) in [5, 5.41) is 3.71. The fraction of sp³-hybridized carbons (Fsp3) is 1.00. The Morgan fingerprint density at radius 2 is 2.00 bits per heavy atom. The Balaban J connectivity index is 2.53. The van der Waals surface area contributed by atoms with Gasteiger partial charge in [0, 0.05) is 12.1 Å². The smallest absolute Gasteiger partial charge is 0.0306 e. The van der Waals surface area contributed by atoms with Crippen LogP contribution in [-0.4, -0.2) is 18.6 Å². The Morgan fingerprint density at radius 1 is 1.33 bits per heavy atom. The first-order valence-corrected chi connectivity index (χ1v) is 6.44. The molecule has 0 aromatic carbocycles. The van der Waals surface area contributed by atoms with Crippen molar-refractivity contribution in [3.8, 4) is 0 Å². The maximum absolute atomic E-state index is 5.97. The van der Waals surface area contributed by atoms with Crippen molar-refractivity contribution in [2.75, 3.05) is 13.1 Å². The van der Waals surface area contributed by atoms with E-state index in [0.29, 0.717) is 5.92 Å². The molecule has 1 fully saturated rings. The van der Waals surface area contributed by atoms with Crippen LogP contribution in [0.1, 0.15) is 47.0 Å². The Labute approximate surface area is 95.0 Å². The molecule has 1 saturated carbocycles. The minimum atomic E-state index is 0.232. The van der Waals surface area contributed by atoms with E-state index in [-0.39, 0.29) is 5.54 Å². The van der Waals surface area contributed by atoms with Gasteiger partial charge in [-0.05, 0) is 43.6 Å². The van der Waals surface area contributed by atoms with Crippen molar-refractivity contribution in [2.45, 2.75) is 52.5 Å². The molecular weight excluding hydrogens is 184 g/mol. The Bertz CT molecular complexity index is 191. The van der Waals surface area contributed by atoms with Crippen LogP contribution in [0.15, 0.2) is 0 Å². The van der Waals surface area contributed by atoms with E-state index in [9.17, 15) is 0 Å². The number of hydrogen-bond acceptors (Lipinski definition) is 2. The van der Waals surface area contributed by atoms with Crippen molar-refractivity contribution in [3.05, 3.63) is 0 Å². The van der Waals surface area contributed by atoms with Gasteiger partial charge >= 0.3 is 0 Å². The highest BCUT2D eigenvalue weighted by atomic mass is 15.0. The molecule has 0 spiro atoms. The van der Waals surface area contributed by atoms with Gasteiger partial charge in [-0.25, -0.2) is 0 Å². The van der Waals surface area contributed by atoms with E-state index in [2.05, 4.69) is 33.0 Å². The van der Waals surface area contributed by atoms with E-state index in [1.54, 1.807) is 0 Å². The Morgan fingerprint density at radius 3 is 2.47 bits per heavy atom. The minimum absolute atomic E-state index is 0.232. The first kappa shape index (κ1) is 13.0. The highest BCUT2D eigenvalue weighted by Crippen LogP contribution is 2.35. The number of rotatable bonds is 4. The third-order valence-corrected chi connectivity index (χ3v) is 4.04. The van der Waals surface area contributed by atoms with Gasteiger partial charge in [-0.15, -0.1) is 0 Å². The zero-order chi connectivity index (χ0) is 11.5. The molecule has 0 heterocycles. The second-order valence-electron chi connectivity index (χ2n) is 5.96. The molecule has 0 aromatic rings. The molecule has 0 saturated heterocycles. The van der Waals surface area contributed by atoms with Crippen molar-refractivity contribution in [2.24, 2.45) is 23.5 Å². The van der Waals surface area contributed by atoms with E-state index in [1.165, 1.54) is 19.3 Å². The molecule has 0 aromatic heterocycles. The Hall–Kier alpha value is -0.0800. The normalized spacial score (nSPS) is 37.2. The fourth-order valence-corrected chi connectivity index (χ4v) is 2.55. The molecular formula is C13H28N2. The summed E-state index contributed by atoms with van der Waals surface area (Å²) in [4.78, 5) is 0. The number of hydrogen-bond donors (Lipinski definition) is 2. The molecule has 2 heteroatoms. The van der Waals surface area contributed by atoms with Crippen LogP contribution in [0.5, 0.6) is 0 Å². The summed E-state index contributed by atoms with van der Waals surface area (Å²) < 4.78 is 0. The molecule has 0 amide bonds. The van der Waals surface area contributed by atoms with Crippen LogP contribution in [0.25, 0.3) is 0 Å². The fourth-order valence-electron chi connectivity index (χ4n) is 2.55. The molecule has 1 rings (SSSR count). The number of nitrogens with two attached hydrogens (primary N) is 1. The quantitative estimate of drug-likeness (QED) is 0.751. The molecule has 0 aliphatic heterocycles. The topological polar surface area (TPSA) is 38.0 Å². The van der Waals surface area contributed by atoms with Crippen LogP contribution < -0.4 is 11.1 Å². The molecule has 2 nitrogen and oxygen atoms in total. The van der Waals surface area contributed by atoms with Gasteiger partial charge in [0.05, 0.1) is 0 Å². The summed E-state index contributed by atoms with van der Waals surface area (Å²) in [6.07, 6.45) is 3.82. The van der Waals surface area contributed by atoms with E-state index in [0.717, 1.165) is 24.9 Å². The van der Waals surface area contributed by atoms with Gasteiger partial charge in [0.2, 0.25) is 0 Å². The van der Waals surface area contributed by atoms with Gasteiger partial charge in [-0.2, -0.15) is 0 Å². The van der Waals surface area contributed by atoms with E-state index < -0.39 is 0 Å². The largest absolute Gasteiger partial charge is 0.329 e. The molecule has 3 N–H and O–H groups in total. The van der Waals surface area contributed by atoms with Gasteiger partial charge in [0.25, 0.3) is 0 Å². The molecule has 0 bridgehead atoms. The average molecular weight is 212 g/mol. The second kappa shape index (κ2) is 5.31. The van der Waals surface area contributed by atoms with E-state index in [1.807, 2.05) is 0 Å². The lowest BCUT2D eigenvalue weighted by atomic mass is 9.71. The Kier molecular flexibility index (Phi) is 4.60. The van der Waals surface area contributed by atoms with E-state index in [4.69, 9.17) is 5.73 Å². The van der Waals surface area contributed by atoms with Crippen LogP contribution >= 0.6 is 0 Å². The zero-order valence-electron chi connectivity index (χ0n) is 10.8. The van der Waals surface area contributed by atoms with E-state index >= 15 is 0 Å². The molecule has 3 atom stereocenters. The maximum atomic E-state index is 5.97. The lowest BCUT2D eigenvalue weighted by molar-refractivity contribution is 0.143. The van der Waals surface area contributed by atoms with Gasteiger partial charge in [0.15, 0.2) is 0 Å². The first-order valence-electron chi connectivity index (χ1n) is 6.44. The maximum Gasteiger partial charge on any atom is 0.0306 e. The van der Waals surface area contributed by atoms with Crippen molar-refractivity contribution in [3.63, 3.8) is 0 Å². The van der Waals surface area contributed by atoms with Crippen LogP contribution in [0.4, 0.5) is 0 Å². The highest BCUT2D eigenvalue weighted by Gasteiger charge is 2.36. The van der Waals surface area contributed by atoms with Crippen molar-refractivity contribution < 1.29 is 0 Å². The summed E-state index contributed by atoms with van der Waals surface area (Å²) in [7, 11) is 0. The lowest BCUT2D eigenvalue weighted by Gasteiger charge is -2.43. The van der Waals surface area contributed by atoms with Crippen LogP contribution in [-0.2, 0) is 0 Å². The lowest BCUT2D eigenvalue weighted by Crippen LogP contribution is -2.55. The van der Waals surface area contributed by atoms with Gasteiger partial charge in [0.1, 0.15) is 0 Å². The average Bonchev–Trinajstić information content (AvgIpc) is 2.20. The summed E-state index contributed by atoms with van der Waals surface area (Å²) in [6.45, 7) is 11.1. The third kappa shape index (κ3) is 3.46. The monoisotopic (exact) mass is 212 g/mol. The van der Waals surface area contributed by atoms with Crippen molar-refractivity contribution >= 4 is 0 Å². The molecule has 0 radical (unpaired) electrons. The summed E-state index contributed by atoms with van der Waals surface area (Å²) in [5.41, 5.74) is 6.20. The third-order valence-electron chi connectivity index (χ3n) is 4.04. The van der Waals surface area contributed by atoms with Crippen LogP contribution in [0.3, 0.4) is 0 Å². The second-order valence-corrected chi connectivity index (χ2v) is 5.96. The zero-order valence-corrected chi connectivity index (χ0v) is 10.8. The van der Waals surface area contributed by atoms with Gasteiger partial charge in [-0.1, -0.05) is 27.7 Å². The van der Waals surface area contributed by atoms with Crippen LogP contribution in [0, 0.1) is 17.8 Å².